The van der Waals surface area contributed by atoms with Crippen LogP contribution >= 0.6 is 11.3 Å². The number of benzene rings is 1. The number of phenols is 1. The molecule has 11 heteroatoms. The molecule has 1 aliphatic heterocycles. The number of phenolic OH excluding ortho intramolecular Hbond substituents is 1. The first-order chi connectivity index (χ1) is 21.0. The van der Waals surface area contributed by atoms with Gasteiger partial charge in [-0.3, -0.25) is 19.5 Å². The Balaban J connectivity index is 1.20. The van der Waals surface area contributed by atoms with Gasteiger partial charge in [-0.25, -0.2) is 9.67 Å². The van der Waals surface area contributed by atoms with Crippen LogP contribution < -0.4 is 5.32 Å². The normalized spacial score (nSPS) is 17.4. The fourth-order valence-electron chi connectivity index (χ4n) is 6.74. The molecule has 0 bridgehead atoms. The lowest BCUT2D eigenvalue weighted by molar-refractivity contribution is -0.114. The third-order valence-electron chi connectivity index (χ3n) is 8.87. The highest BCUT2D eigenvalue weighted by Crippen LogP contribution is 2.45. The molecule has 2 aliphatic carbocycles. The molecule has 2 amide bonds. The fraction of sp³-hybridized carbons (Fsp3) is 0.406. The van der Waals surface area contributed by atoms with E-state index in [-0.39, 0.29) is 17.6 Å². The zero-order valence-electron chi connectivity index (χ0n) is 24.3. The van der Waals surface area contributed by atoms with Crippen molar-refractivity contribution in [1.82, 2.24) is 29.5 Å². The van der Waals surface area contributed by atoms with Crippen molar-refractivity contribution in [3.8, 4) is 33.3 Å². The summed E-state index contributed by atoms with van der Waals surface area (Å²) in [5, 5.41) is 19.7. The molecule has 222 valence electrons. The van der Waals surface area contributed by atoms with Crippen LogP contribution in [0.15, 0.2) is 42.7 Å². The van der Waals surface area contributed by atoms with Crippen molar-refractivity contribution in [2.45, 2.75) is 57.9 Å². The van der Waals surface area contributed by atoms with Gasteiger partial charge < -0.3 is 15.3 Å². The second-order valence-electron chi connectivity index (χ2n) is 11.6. The molecule has 7 rings (SSSR count). The third kappa shape index (κ3) is 5.31. The predicted octanol–water partition coefficient (Wildman–Crippen LogP) is 4.91. The molecule has 2 N–H and O–H groups in total. The van der Waals surface area contributed by atoms with Crippen molar-refractivity contribution in [2.24, 2.45) is 0 Å². The molecule has 0 unspecified atom stereocenters. The van der Waals surface area contributed by atoms with Gasteiger partial charge in [-0.15, -0.1) is 0 Å². The third-order valence-corrected chi connectivity index (χ3v) is 9.89. The molecular weight excluding hydrogens is 562 g/mol. The highest BCUT2D eigenvalue weighted by atomic mass is 32.1. The Morgan fingerprint density at radius 1 is 1.05 bits per heavy atom. The van der Waals surface area contributed by atoms with Gasteiger partial charge in [0.1, 0.15) is 11.4 Å². The maximum Gasteiger partial charge on any atom is 0.254 e. The average Bonchev–Trinajstić information content (AvgIpc) is 3.62. The second kappa shape index (κ2) is 11.5. The number of aryl methyl sites for hydroxylation is 1. The Labute approximate surface area is 254 Å². The zero-order chi connectivity index (χ0) is 29.5. The average molecular weight is 598 g/mol. The van der Waals surface area contributed by atoms with Gasteiger partial charge in [0.05, 0.1) is 22.0 Å². The minimum Gasteiger partial charge on any atom is -0.506 e. The molecule has 1 saturated carbocycles. The molecule has 0 radical (unpaired) electrons. The highest BCUT2D eigenvalue weighted by Gasteiger charge is 2.32. The van der Waals surface area contributed by atoms with Gasteiger partial charge in [0, 0.05) is 68.2 Å². The molecule has 43 heavy (non-hydrogen) atoms. The highest BCUT2D eigenvalue weighted by molar-refractivity contribution is 7.19. The largest absolute Gasteiger partial charge is 0.506 e. The Morgan fingerprint density at radius 3 is 2.58 bits per heavy atom. The first kappa shape index (κ1) is 27.7. The summed E-state index contributed by atoms with van der Waals surface area (Å²) in [5.41, 5.74) is 5.37. The summed E-state index contributed by atoms with van der Waals surface area (Å²) < 4.78 is 1.75. The molecular formula is C32H35N7O3S. The number of aromatic nitrogens is 4. The Hall–Kier alpha value is -4.09. The number of aromatic hydroxyl groups is 1. The lowest BCUT2D eigenvalue weighted by Gasteiger charge is -2.40. The van der Waals surface area contributed by atoms with Crippen LogP contribution in [-0.2, 0) is 17.6 Å². The number of carbonyl (C=O) groups excluding carboxylic acids is 2. The quantitative estimate of drug-likeness (QED) is 0.336. The van der Waals surface area contributed by atoms with Crippen LogP contribution in [0.5, 0.6) is 5.75 Å². The van der Waals surface area contributed by atoms with Crippen molar-refractivity contribution >= 4 is 28.3 Å². The van der Waals surface area contributed by atoms with Gasteiger partial charge in [0.2, 0.25) is 5.91 Å². The number of nitrogens with one attached hydrogen (secondary N) is 1. The van der Waals surface area contributed by atoms with E-state index in [4.69, 9.17) is 5.10 Å². The number of hydrogen-bond donors (Lipinski definition) is 2. The van der Waals surface area contributed by atoms with E-state index in [1.54, 1.807) is 35.3 Å². The number of carbonyl (C=O) groups is 2. The number of thiazole rings is 1. The van der Waals surface area contributed by atoms with Crippen molar-refractivity contribution in [2.75, 3.05) is 31.5 Å². The van der Waals surface area contributed by atoms with Crippen LogP contribution in [0.1, 0.15) is 60.6 Å². The topological polar surface area (TPSA) is 116 Å². The first-order valence-electron chi connectivity index (χ1n) is 15.1. The zero-order valence-corrected chi connectivity index (χ0v) is 25.1. The van der Waals surface area contributed by atoms with Gasteiger partial charge in [-0.2, -0.15) is 5.10 Å². The van der Waals surface area contributed by atoms with Crippen LogP contribution in [0.2, 0.25) is 0 Å². The van der Waals surface area contributed by atoms with Crippen LogP contribution in [0.4, 0.5) is 5.13 Å². The van der Waals surface area contributed by atoms with Crippen LogP contribution in [-0.4, -0.2) is 78.7 Å². The number of anilines is 1. The van der Waals surface area contributed by atoms with Crippen LogP contribution in [0.25, 0.3) is 27.5 Å². The summed E-state index contributed by atoms with van der Waals surface area (Å²) in [4.78, 5) is 39.6. The molecule has 4 heterocycles. The molecule has 3 aliphatic rings. The van der Waals surface area contributed by atoms with Crippen molar-refractivity contribution in [3.05, 3.63) is 59.5 Å². The van der Waals surface area contributed by atoms with Crippen LogP contribution in [0.3, 0.4) is 0 Å². The molecule has 10 nitrogen and oxygen atoms in total. The summed E-state index contributed by atoms with van der Waals surface area (Å²) in [7, 11) is 0. The van der Waals surface area contributed by atoms with E-state index in [1.165, 1.54) is 50.4 Å². The summed E-state index contributed by atoms with van der Waals surface area (Å²) in [6.45, 7) is 4.66. The van der Waals surface area contributed by atoms with Crippen molar-refractivity contribution in [3.63, 3.8) is 0 Å². The van der Waals surface area contributed by atoms with E-state index in [2.05, 4.69) is 20.2 Å². The first-order valence-corrected chi connectivity index (χ1v) is 15.9. The van der Waals surface area contributed by atoms with E-state index < -0.39 is 0 Å². The van der Waals surface area contributed by atoms with E-state index in [0.29, 0.717) is 48.4 Å². The summed E-state index contributed by atoms with van der Waals surface area (Å²) in [5.74, 6) is -0.258. The number of amides is 2. The number of hydrogen-bond acceptors (Lipinski definition) is 8. The van der Waals surface area contributed by atoms with Gasteiger partial charge >= 0.3 is 0 Å². The minimum atomic E-state index is -0.177. The minimum absolute atomic E-state index is 0.0200. The molecule has 0 atom stereocenters. The van der Waals surface area contributed by atoms with E-state index in [9.17, 15) is 14.7 Å². The Morgan fingerprint density at radius 2 is 1.86 bits per heavy atom. The van der Waals surface area contributed by atoms with Gasteiger partial charge in [-0.1, -0.05) is 30.6 Å². The molecule has 3 aromatic heterocycles. The smallest absolute Gasteiger partial charge is 0.254 e. The Kier molecular flexibility index (Phi) is 7.44. The van der Waals surface area contributed by atoms with Crippen molar-refractivity contribution < 1.29 is 14.7 Å². The maximum absolute atomic E-state index is 13.5. The summed E-state index contributed by atoms with van der Waals surface area (Å²) in [6.07, 6.45) is 11.4. The lowest BCUT2D eigenvalue weighted by atomic mass is 9.94. The number of pyridine rings is 1. The number of nitrogens with zero attached hydrogens (tertiary/aromatic N) is 6. The number of fused-ring (bicyclic) bond motifs is 3. The number of piperazine rings is 1. The van der Waals surface area contributed by atoms with Gasteiger partial charge in [0.15, 0.2) is 5.13 Å². The SMILES string of the molecule is CC(=O)Nc1nc2c(s1)-c1c(c(-c3cccnc3)nn1-c1ccc(C(=O)N3CCN(C4CCCCC4)CC3)cc1O)CC2. The van der Waals surface area contributed by atoms with E-state index in [0.717, 1.165) is 46.2 Å². The molecule has 0 spiro atoms. The Bertz CT molecular complexity index is 1670. The number of rotatable bonds is 5. The standard InChI is InChI=1S/C32H35N7O3S/c1-20(40)34-32-35-25-11-10-24-28(22-6-5-13-33-19-22)36-39(29(24)30(25)43-32)26-12-9-21(18-27(26)41)31(42)38-16-14-37(15-17-38)23-7-3-2-4-8-23/h5-6,9,12-13,18-19,23,41H,2-4,7-8,10-11,14-17H2,1H3,(H,34,35,40). The van der Waals surface area contributed by atoms with E-state index >= 15 is 0 Å². The van der Waals surface area contributed by atoms with Gasteiger partial charge in [-0.05, 0) is 56.0 Å². The van der Waals surface area contributed by atoms with Crippen molar-refractivity contribution in [1.29, 1.82) is 0 Å². The monoisotopic (exact) mass is 597 g/mol. The summed E-state index contributed by atoms with van der Waals surface area (Å²) >= 11 is 1.40. The van der Waals surface area contributed by atoms with Crippen LogP contribution in [0, 0.1) is 0 Å². The predicted molar refractivity (Wildman–Crippen MR) is 166 cm³/mol. The lowest BCUT2D eigenvalue weighted by Crippen LogP contribution is -2.52. The molecule has 1 saturated heterocycles. The second-order valence-corrected chi connectivity index (χ2v) is 12.6. The maximum atomic E-state index is 13.5. The van der Waals surface area contributed by atoms with Gasteiger partial charge in [0.25, 0.3) is 5.91 Å². The van der Waals surface area contributed by atoms with E-state index in [1.807, 2.05) is 17.0 Å². The molecule has 1 aromatic carbocycles. The fourth-order valence-corrected chi connectivity index (χ4v) is 7.85. The molecule has 4 aromatic rings. The molecule has 2 fully saturated rings. The summed E-state index contributed by atoms with van der Waals surface area (Å²) in [6, 6.07) is 9.61.